The lowest BCUT2D eigenvalue weighted by Gasteiger charge is -2.27. The van der Waals surface area contributed by atoms with E-state index in [0.29, 0.717) is 0 Å². The van der Waals surface area contributed by atoms with E-state index in [9.17, 15) is 0 Å². The van der Waals surface area contributed by atoms with Gasteiger partial charge in [0.2, 0.25) is 5.95 Å². The van der Waals surface area contributed by atoms with Crippen LogP contribution in [0.1, 0.15) is 11.1 Å². The Hall–Kier alpha value is -1.94. The van der Waals surface area contributed by atoms with Crippen molar-refractivity contribution in [3.05, 3.63) is 41.7 Å². The third-order valence-electron chi connectivity index (χ3n) is 3.95. The van der Waals surface area contributed by atoms with Gasteiger partial charge in [0.05, 0.1) is 0 Å². The Balaban J connectivity index is 1.87. The molecule has 104 valence electrons. The highest BCUT2D eigenvalue weighted by atomic mass is 15.3. The molecule has 0 aliphatic carbocycles. The number of aryl methyl sites for hydroxylation is 1. The minimum Gasteiger partial charge on any atom is -0.338 e. The van der Waals surface area contributed by atoms with Crippen molar-refractivity contribution < 1.29 is 0 Å². The lowest BCUT2D eigenvalue weighted by molar-refractivity contribution is 0.580. The second kappa shape index (κ2) is 5.59. The van der Waals surface area contributed by atoms with Gasteiger partial charge in [0.1, 0.15) is 0 Å². The molecule has 1 aliphatic rings. The highest BCUT2D eigenvalue weighted by Crippen LogP contribution is 2.24. The first kappa shape index (κ1) is 13.1. The van der Waals surface area contributed by atoms with E-state index in [-0.39, 0.29) is 0 Å². The van der Waals surface area contributed by atoms with Gasteiger partial charge in [-0.1, -0.05) is 18.2 Å². The summed E-state index contributed by atoms with van der Waals surface area (Å²) in [7, 11) is 0. The van der Waals surface area contributed by atoms with E-state index in [2.05, 4.69) is 52.2 Å². The second-order valence-electron chi connectivity index (χ2n) is 5.26. The number of piperazine rings is 1. The average Bonchev–Trinajstić information content (AvgIpc) is 2.51. The molecular weight excluding hydrogens is 248 g/mol. The third-order valence-corrected chi connectivity index (χ3v) is 3.95. The lowest BCUT2D eigenvalue weighted by Crippen LogP contribution is -2.44. The summed E-state index contributed by atoms with van der Waals surface area (Å²) in [5.74, 6) is 0.834. The number of anilines is 1. The van der Waals surface area contributed by atoms with Crippen LogP contribution in [-0.2, 0) is 0 Å². The van der Waals surface area contributed by atoms with Gasteiger partial charge in [-0.25, -0.2) is 9.97 Å². The van der Waals surface area contributed by atoms with E-state index < -0.39 is 0 Å². The molecule has 2 heterocycles. The first-order valence-corrected chi connectivity index (χ1v) is 7.10. The number of nitrogens with zero attached hydrogens (tertiary/aromatic N) is 3. The summed E-state index contributed by atoms with van der Waals surface area (Å²) in [4.78, 5) is 11.3. The Kier molecular flexibility index (Phi) is 3.65. The summed E-state index contributed by atoms with van der Waals surface area (Å²) >= 11 is 0. The first-order chi connectivity index (χ1) is 9.75. The number of rotatable bonds is 2. The minimum absolute atomic E-state index is 0.834. The molecule has 1 saturated heterocycles. The summed E-state index contributed by atoms with van der Waals surface area (Å²) < 4.78 is 0. The molecule has 0 spiro atoms. The smallest absolute Gasteiger partial charge is 0.225 e. The Morgan fingerprint density at radius 3 is 2.45 bits per heavy atom. The maximum absolute atomic E-state index is 4.54. The molecular formula is C16H20N4. The number of benzene rings is 1. The zero-order valence-electron chi connectivity index (χ0n) is 12.1. The summed E-state index contributed by atoms with van der Waals surface area (Å²) in [5, 5.41) is 3.34. The number of hydrogen-bond donors (Lipinski definition) is 1. The van der Waals surface area contributed by atoms with Crippen LogP contribution in [0.25, 0.3) is 11.1 Å². The monoisotopic (exact) mass is 268 g/mol. The largest absolute Gasteiger partial charge is 0.338 e. The molecule has 1 aromatic heterocycles. The van der Waals surface area contributed by atoms with Gasteiger partial charge in [-0.15, -0.1) is 0 Å². The van der Waals surface area contributed by atoms with Crippen LogP contribution in [0, 0.1) is 13.8 Å². The Morgan fingerprint density at radius 1 is 1.05 bits per heavy atom. The molecule has 20 heavy (non-hydrogen) atoms. The van der Waals surface area contributed by atoms with Gasteiger partial charge in [-0.3, -0.25) is 0 Å². The van der Waals surface area contributed by atoms with Crippen molar-refractivity contribution in [2.24, 2.45) is 0 Å². The van der Waals surface area contributed by atoms with Gasteiger partial charge in [0, 0.05) is 44.1 Å². The number of nitrogens with one attached hydrogen (secondary N) is 1. The molecule has 0 amide bonds. The van der Waals surface area contributed by atoms with E-state index in [1.807, 2.05) is 12.4 Å². The highest BCUT2D eigenvalue weighted by molar-refractivity contribution is 5.67. The second-order valence-corrected chi connectivity index (χ2v) is 5.26. The molecule has 0 saturated carbocycles. The van der Waals surface area contributed by atoms with Gasteiger partial charge in [0.25, 0.3) is 0 Å². The van der Waals surface area contributed by atoms with Crippen LogP contribution in [-0.4, -0.2) is 36.1 Å². The van der Waals surface area contributed by atoms with E-state index in [0.717, 1.165) is 37.7 Å². The molecule has 1 fully saturated rings. The molecule has 2 aromatic rings. The van der Waals surface area contributed by atoms with Crippen molar-refractivity contribution in [3.8, 4) is 11.1 Å². The van der Waals surface area contributed by atoms with Crippen LogP contribution in [0.2, 0.25) is 0 Å². The summed E-state index contributed by atoms with van der Waals surface area (Å²) in [5.41, 5.74) is 4.90. The van der Waals surface area contributed by atoms with Crippen molar-refractivity contribution in [2.45, 2.75) is 13.8 Å². The molecule has 0 unspecified atom stereocenters. The molecule has 1 aliphatic heterocycles. The van der Waals surface area contributed by atoms with Crippen LogP contribution in [0.5, 0.6) is 0 Å². The van der Waals surface area contributed by atoms with Crippen LogP contribution in [0.3, 0.4) is 0 Å². The topological polar surface area (TPSA) is 41.1 Å². The molecule has 0 radical (unpaired) electrons. The molecule has 1 aromatic carbocycles. The van der Waals surface area contributed by atoms with Gasteiger partial charge in [-0.2, -0.15) is 0 Å². The van der Waals surface area contributed by atoms with Crippen molar-refractivity contribution in [3.63, 3.8) is 0 Å². The molecule has 1 N–H and O–H groups in total. The molecule has 0 bridgehead atoms. The van der Waals surface area contributed by atoms with Crippen molar-refractivity contribution in [1.29, 1.82) is 0 Å². The summed E-state index contributed by atoms with van der Waals surface area (Å²) in [6.07, 6.45) is 3.87. The van der Waals surface area contributed by atoms with Crippen LogP contribution in [0.4, 0.5) is 5.95 Å². The van der Waals surface area contributed by atoms with Gasteiger partial charge >= 0.3 is 0 Å². The van der Waals surface area contributed by atoms with E-state index in [4.69, 9.17) is 0 Å². The number of hydrogen-bond acceptors (Lipinski definition) is 4. The molecule has 4 heteroatoms. The average molecular weight is 268 g/mol. The fourth-order valence-electron chi connectivity index (χ4n) is 2.55. The number of aromatic nitrogens is 2. The van der Waals surface area contributed by atoms with Gasteiger partial charge in [0.15, 0.2) is 0 Å². The maximum Gasteiger partial charge on any atom is 0.225 e. The van der Waals surface area contributed by atoms with Crippen LogP contribution >= 0.6 is 0 Å². The van der Waals surface area contributed by atoms with Crippen molar-refractivity contribution in [2.75, 3.05) is 31.1 Å². The predicted octanol–water partition coefficient (Wildman–Crippen LogP) is 2.17. The fraction of sp³-hybridized carbons (Fsp3) is 0.375. The maximum atomic E-state index is 4.54. The standard InChI is InChI=1S/C16H20N4/c1-12-4-3-5-15(13(12)2)14-10-18-16(19-11-14)20-8-6-17-7-9-20/h3-5,10-11,17H,6-9H2,1-2H3. The zero-order valence-corrected chi connectivity index (χ0v) is 12.1. The van der Waals surface area contributed by atoms with Gasteiger partial charge in [-0.05, 0) is 30.5 Å². The highest BCUT2D eigenvalue weighted by Gasteiger charge is 2.13. The first-order valence-electron chi connectivity index (χ1n) is 7.10. The Morgan fingerprint density at radius 2 is 1.75 bits per heavy atom. The third kappa shape index (κ3) is 2.51. The van der Waals surface area contributed by atoms with Crippen LogP contribution < -0.4 is 10.2 Å². The normalized spacial score (nSPS) is 15.4. The van der Waals surface area contributed by atoms with Crippen molar-refractivity contribution in [1.82, 2.24) is 15.3 Å². The SMILES string of the molecule is Cc1cccc(-c2cnc(N3CCNCC3)nc2)c1C. The zero-order chi connectivity index (χ0) is 13.9. The fourth-order valence-corrected chi connectivity index (χ4v) is 2.55. The van der Waals surface area contributed by atoms with E-state index >= 15 is 0 Å². The quantitative estimate of drug-likeness (QED) is 0.906. The lowest BCUT2D eigenvalue weighted by atomic mass is 9.99. The summed E-state index contributed by atoms with van der Waals surface area (Å²) in [6, 6.07) is 6.35. The Labute approximate surface area is 119 Å². The molecule has 0 atom stereocenters. The summed E-state index contributed by atoms with van der Waals surface area (Å²) in [6.45, 7) is 8.24. The van der Waals surface area contributed by atoms with Crippen molar-refractivity contribution >= 4 is 5.95 Å². The molecule has 3 rings (SSSR count). The minimum atomic E-state index is 0.834. The van der Waals surface area contributed by atoms with E-state index in [1.165, 1.54) is 16.7 Å². The van der Waals surface area contributed by atoms with E-state index in [1.54, 1.807) is 0 Å². The Bertz CT molecular complexity index is 586. The van der Waals surface area contributed by atoms with Crippen LogP contribution in [0.15, 0.2) is 30.6 Å². The van der Waals surface area contributed by atoms with Gasteiger partial charge < -0.3 is 10.2 Å². The molecule has 4 nitrogen and oxygen atoms in total. The predicted molar refractivity (Wildman–Crippen MR) is 82.0 cm³/mol.